The number of likely N-dealkylation sites (N-methyl/N-ethyl adjacent to an activating group) is 1. The van der Waals surface area contributed by atoms with Crippen LogP contribution in [0.15, 0.2) is 24.3 Å². The molecule has 110 valence electrons. The third-order valence-electron chi connectivity index (χ3n) is 4.68. The number of hydrogen-bond acceptors (Lipinski definition) is 3. The van der Waals surface area contributed by atoms with Gasteiger partial charge < -0.3 is 10.1 Å². The molecule has 1 aromatic carbocycles. The largest absolute Gasteiger partial charge is 0.372 e. The Bertz CT molecular complexity index is 444. The maximum absolute atomic E-state index is 5.93. The molecule has 3 rings (SSSR count). The van der Waals surface area contributed by atoms with Crippen LogP contribution < -0.4 is 5.32 Å². The fraction of sp³-hybridized carbons (Fsp3) is 0.647. The van der Waals surface area contributed by atoms with Crippen LogP contribution >= 0.6 is 0 Å². The van der Waals surface area contributed by atoms with Gasteiger partial charge in [0.15, 0.2) is 0 Å². The fourth-order valence-corrected chi connectivity index (χ4v) is 3.05. The molecule has 20 heavy (non-hydrogen) atoms. The van der Waals surface area contributed by atoms with E-state index in [0.717, 1.165) is 32.2 Å². The molecule has 1 N–H and O–H groups in total. The number of fused-ring (bicyclic) bond motifs is 1. The Morgan fingerprint density at radius 2 is 2.15 bits per heavy atom. The lowest BCUT2D eigenvalue weighted by Crippen LogP contribution is -2.40. The van der Waals surface area contributed by atoms with Gasteiger partial charge in [0.1, 0.15) is 0 Å². The number of rotatable bonds is 6. The molecule has 0 bridgehead atoms. The maximum atomic E-state index is 5.93. The highest BCUT2D eigenvalue weighted by Gasteiger charge is 2.29. The van der Waals surface area contributed by atoms with Crippen LogP contribution in [0.25, 0.3) is 0 Å². The molecule has 1 saturated carbocycles. The molecule has 3 heteroatoms. The molecule has 0 aromatic heterocycles. The molecule has 1 aromatic rings. The fourth-order valence-electron chi connectivity index (χ4n) is 3.05. The van der Waals surface area contributed by atoms with Crippen LogP contribution in [-0.4, -0.2) is 43.7 Å². The third kappa shape index (κ3) is 3.22. The molecule has 0 amide bonds. The summed E-state index contributed by atoms with van der Waals surface area (Å²) in [4.78, 5) is 2.50. The normalized spacial score (nSPS) is 23.6. The lowest BCUT2D eigenvalue weighted by molar-refractivity contribution is 0.0415. The quantitative estimate of drug-likeness (QED) is 0.862. The van der Waals surface area contributed by atoms with Gasteiger partial charge in [0.05, 0.1) is 12.7 Å². The van der Waals surface area contributed by atoms with E-state index in [1.54, 1.807) is 0 Å². The first kappa shape index (κ1) is 14.1. The van der Waals surface area contributed by atoms with Crippen LogP contribution in [0.4, 0.5) is 0 Å². The summed E-state index contributed by atoms with van der Waals surface area (Å²) >= 11 is 0. The minimum Gasteiger partial charge on any atom is -0.372 e. The molecule has 2 unspecified atom stereocenters. The summed E-state index contributed by atoms with van der Waals surface area (Å²) in [6, 6.07) is 10.1. The SMILES string of the molecule is CC(CNCC1OCCc2ccccc21)N(C)C1CC1. The predicted molar refractivity (Wildman–Crippen MR) is 82.0 cm³/mol. The lowest BCUT2D eigenvalue weighted by Gasteiger charge is -2.28. The monoisotopic (exact) mass is 274 g/mol. The molecule has 2 atom stereocenters. The Morgan fingerprint density at radius 1 is 1.35 bits per heavy atom. The number of nitrogens with zero attached hydrogens (tertiary/aromatic N) is 1. The Hall–Kier alpha value is -0.900. The second-order valence-corrected chi connectivity index (χ2v) is 6.21. The Balaban J connectivity index is 1.49. The van der Waals surface area contributed by atoms with Gasteiger partial charge in [-0.1, -0.05) is 24.3 Å². The summed E-state index contributed by atoms with van der Waals surface area (Å²) < 4.78 is 5.93. The van der Waals surface area contributed by atoms with Crippen molar-refractivity contribution in [1.82, 2.24) is 10.2 Å². The zero-order chi connectivity index (χ0) is 13.9. The molecular weight excluding hydrogens is 248 g/mol. The van der Waals surface area contributed by atoms with Crippen LogP contribution in [0, 0.1) is 0 Å². The van der Waals surface area contributed by atoms with E-state index in [-0.39, 0.29) is 6.10 Å². The van der Waals surface area contributed by atoms with Crippen molar-refractivity contribution in [2.75, 3.05) is 26.7 Å². The van der Waals surface area contributed by atoms with Gasteiger partial charge in [-0.25, -0.2) is 0 Å². The highest BCUT2D eigenvalue weighted by molar-refractivity contribution is 5.31. The van der Waals surface area contributed by atoms with Gasteiger partial charge in [-0.2, -0.15) is 0 Å². The van der Waals surface area contributed by atoms with Crippen LogP contribution in [0.3, 0.4) is 0 Å². The first-order chi connectivity index (χ1) is 9.75. The molecule has 1 aliphatic carbocycles. The number of ether oxygens (including phenoxy) is 1. The van der Waals surface area contributed by atoms with Crippen LogP contribution in [-0.2, 0) is 11.2 Å². The molecule has 2 aliphatic rings. The van der Waals surface area contributed by atoms with E-state index in [9.17, 15) is 0 Å². The van der Waals surface area contributed by atoms with E-state index < -0.39 is 0 Å². The minimum atomic E-state index is 0.221. The highest BCUT2D eigenvalue weighted by atomic mass is 16.5. The third-order valence-corrected chi connectivity index (χ3v) is 4.68. The molecule has 0 radical (unpaired) electrons. The van der Waals surface area contributed by atoms with E-state index >= 15 is 0 Å². The van der Waals surface area contributed by atoms with Gasteiger partial charge in [-0.05, 0) is 44.4 Å². The molecule has 1 heterocycles. The van der Waals surface area contributed by atoms with Gasteiger partial charge in [-0.15, -0.1) is 0 Å². The number of hydrogen-bond donors (Lipinski definition) is 1. The lowest BCUT2D eigenvalue weighted by atomic mass is 9.97. The van der Waals surface area contributed by atoms with Crippen molar-refractivity contribution in [3.63, 3.8) is 0 Å². The van der Waals surface area contributed by atoms with Gasteiger partial charge >= 0.3 is 0 Å². The highest BCUT2D eigenvalue weighted by Crippen LogP contribution is 2.27. The van der Waals surface area contributed by atoms with Crippen molar-refractivity contribution in [1.29, 1.82) is 0 Å². The van der Waals surface area contributed by atoms with Crippen molar-refractivity contribution >= 4 is 0 Å². The van der Waals surface area contributed by atoms with E-state index in [0.29, 0.717) is 6.04 Å². The summed E-state index contributed by atoms with van der Waals surface area (Å²) in [5.41, 5.74) is 2.82. The van der Waals surface area contributed by atoms with Crippen molar-refractivity contribution in [3.05, 3.63) is 35.4 Å². The van der Waals surface area contributed by atoms with Crippen molar-refractivity contribution in [2.45, 2.75) is 44.4 Å². The maximum Gasteiger partial charge on any atom is 0.0952 e. The smallest absolute Gasteiger partial charge is 0.0952 e. The second-order valence-electron chi connectivity index (χ2n) is 6.21. The molecular formula is C17H26N2O. The van der Waals surface area contributed by atoms with Crippen molar-refractivity contribution in [2.24, 2.45) is 0 Å². The van der Waals surface area contributed by atoms with E-state index in [4.69, 9.17) is 4.74 Å². The molecule has 1 fully saturated rings. The number of benzene rings is 1. The van der Waals surface area contributed by atoms with Crippen LogP contribution in [0.2, 0.25) is 0 Å². The number of nitrogens with one attached hydrogen (secondary N) is 1. The first-order valence-electron chi connectivity index (χ1n) is 7.88. The Labute approximate surface area is 122 Å². The molecule has 1 aliphatic heterocycles. The average molecular weight is 274 g/mol. The first-order valence-corrected chi connectivity index (χ1v) is 7.88. The Kier molecular flexibility index (Phi) is 4.39. The van der Waals surface area contributed by atoms with E-state index in [2.05, 4.69) is 48.5 Å². The zero-order valence-corrected chi connectivity index (χ0v) is 12.6. The summed E-state index contributed by atoms with van der Waals surface area (Å²) in [7, 11) is 2.25. The Morgan fingerprint density at radius 3 is 2.95 bits per heavy atom. The topological polar surface area (TPSA) is 24.5 Å². The van der Waals surface area contributed by atoms with Crippen LogP contribution in [0.5, 0.6) is 0 Å². The summed E-state index contributed by atoms with van der Waals surface area (Å²) in [5.74, 6) is 0. The average Bonchev–Trinajstić information content (AvgIpc) is 3.31. The minimum absolute atomic E-state index is 0.221. The second kappa shape index (κ2) is 6.25. The summed E-state index contributed by atoms with van der Waals surface area (Å²) in [5, 5.41) is 3.59. The van der Waals surface area contributed by atoms with E-state index in [1.807, 2.05) is 0 Å². The van der Waals surface area contributed by atoms with Crippen LogP contribution in [0.1, 0.15) is 37.0 Å². The van der Waals surface area contributed by atoms with Crippen molar-refractivity contribution < 1.29 is 4.74 Å². The van der Waals surface area contributed by atoms with Crippen molar-refractivity contribution in [3.8, 4) is 0 Å². The molecule has 0 spiro atoms. The standard InChI is InChI=1S/C17H26N2O/c1-13(19(2)15-7-8-15)11-18-12-17-16-6-4-3-5-14(16)9-10-20-17/h3-6,13,15,17-18H,7-12H2,1-2H3. The van der Waals surface area contributed by atoms with Gasteiger partial charge in [0.25, 0.3) is 0 Å². The zero-order valence-electron chi connectivity index (χ0n) is 12.6. The predicted octanol–water partition coefficient (Wildman–Crippen LogP) is 2.37. The molecule has 3 nitrogen and oxygen atoms in total. The van der Waals surface area contributed by atoms with Gasteiger partial charge in [0, 0.05) is 25.2 Å². The summed E-state index contributed by atoms with van der Waals surface area (Å²) in [6.45, 7) is 5.11. The van der Waals surface area contributed by atoms with E-state index in [1.165, 1.54) is 24.0 Å². The molecule has 0 saturated heterocycles. The summed E-state index contributed by atoms with van der Waals surface area (Å²) in [6.07, 6.45) is 4.02. The van der Waals surface area contributed by atoms with Gasteiger partial charge in [-0.3, -0.25) is 4.90 Å². The van der Waals surface area contributed by atoms with Gasteiger partial charge in [0.2, 0.25) is 0 Å².